The number of anilines is 1. The molecule has 0 N–H and O–H groups in total. The van der Waals surface area contributed by atoms with E-state index in [0.717, 1.165) is 5.56 Å². The molecule has 4 rings (SSSR count). The first-order valence-corrected chi connectivity index (χ1v) is 10.6. The first-order valence-electron chi connectivity index (χ1n) is 10.2. The Kier molecular flexibility index (Phi) is 5.77. The molecule has 2 aromatic carbocycles. The number of morpholine rings is 1. The molecule has 0 spiro atoms. The van der Waals surface area contributed by atoms with Gasteiger partial charge in [-0.25, -0.2) is 4.90 Å². The number of carbonyl (C=O) groups is 2. The summed E-state index contributed by atoms with van der Waals surface area (Å²) in [6.45, 7) is 6.83. The van der Waals surface area contributed by atoms with Crippen molar-refractivity contribution in [1.82, 2.24) is 4.90 Å². The molecule has 7 heteroatoms. The summed E-state index contributed by atoms with van der Waals surface area (Å²) in [5.74, 6) is -0.224. The zero-order chi connectivity index (χ0) is 22.3. The lowest BCUT2D eigenvalue weighted by atomic mass is 10.0. The van der Waals surface area contributed by atoms with Crippen molar-refractivity contribution in [2.45, 2.75) is 33.0 Å². The summed E-state index contributed by atoms with van der Waals surface area (Å²) in [5.41, 5.74) is 2.61. The lowest BCUT2D eigenvalue weighted by Crippen LogP contribution is -2.47. The van der Waals surface area contributed by atoms with Crippen LogP contribution in [0.1, 0.15) is 25.0 Å². The van der Waals surface area contributed by atoms with Crippen LogP contribution in [0.15, 0.2) is 48.2 Å². The molecule has 0 bridgehead atoms. The van der Waals surface area contributed by atoms with E-state index in [1.54, 1.807) is 37.4 Å². The average molecular weight is 441 g/mol. The molecule has 31 heavy (non-hydrogen) atoms. The fraction of sp³-hybridized carbons (Fsp3) is 0.333. The summed E-state index contributed by atoms with van der Waals surface area (Å²) in [7, 11) is 1.55. The maximum absolute atomic E-state index is 13.7. The first-order chi connectivity index (χ1) is 14.8. The Hall–Kier alpha value is -2.83. The number of aryl methyl sites for hydroxylation is 1. The molecule has 0 saturated carbocycles. The summed E-state index contributed by atoms with van der Waals surface area (Å²) < 4.78 is 11.4. The number of para-hydroxylation sites is 1. The molecule has 1 fully saturated rings. The Labute approximate surface area is 187 Å². The van der Waals surface area contributed by atoms with Gasteiger partial charge in [0.15, 0.2) is 0 Å². The quantitative estimate of drug-likeness (QED) is 0.671. The highest BCUT2D eigenvalue weighted by Gasteiger charge is 2.44. The predicted molar refractivity (Wildman–Crippen MR) is 120 cm³/mol. The molecule has 0 aliphatic carbocycles. The van der Waals surface area contributed by atoms with Gasteiger partial charge in [-0.1, -0.05) is 35.9 Å². The van der Waals surface area contributed by atoms with Gasteiger partial charge in [0.2, 0.25) is 0 Å². The number of methoxy groups -OCH3 is 1. The number of benzene rings is 2. The Morgan fingerprint density at radius 3 is 2.35 bits per heavy atom. The standard InChI is InChI=1S/C24H25ClN2O4/c1-14-9-10-17(11-19(14)25)27-23(28)21(18-7-5-6-8-20(18)30-4)22(24(27)29)26-12-15(2)31-16(3)13-26/h5-11,15-16H,12-13H2,1-4H3. The Balaban J connectivity index is 1.88. The van der Waals surface area contributed by atoms with Crippen LogP contribution in [0.3, 0.4) is 0 Å². The van der Waals surface area contributed by atoms with Crippen molar-refractivity contribution < 1.29 is 19.1 Å². The normalized spacial score (nSPS) is 21.8. The summed E-state index contributed by atoms with van der Waals surface area (Å²) in [5, 5.41) is 0.499. The van der Waals surface area contributed by atoms with E-state index in [0.29, 0.717) is 46.4 Å². The van der Waals surface area contributed by atoms with E-state index >= 15 is 0 Å². The van der Waals surface area contributed by atoms with Gasteiger partial charge in [-0.05, 0) is 44.5 Å². The molecule has 2 unspecified atom stereocenters. The van der Waals surface area contributed by atoms with Crippen molar-refractivity contribution in [3.05, 3.63) is 64.3 Å². The van der Waals surface area contributed by atoms with Crippen LogP contribution < -0.4 is 9.64 Å². The highest BCUT2D eigenvalue weighted by atomic mass is 35.5. The maximum atomic E-state index is 13.7. The molecule has 2 aromatic rings. The third-order valence-corrected chi connectivity index (χ3v) is 5.99. The van der Waals surface area contributed by atoms with Gasteiger partial charge in [0.25, 0.3) is 11.8 Å². The largest absolute Gasteiger partial charge is 0.496 e. The number of hydrogen-bond donors (Lipinski definition) is 0. The molecule has 2 aliphatic heterocycles. The van der Waals surface area contributed by atoms with Crippen LogP contribution in [-0.2, 0) is 14.3 Å². The van der Waals surface area contributed by atoms with Gasteiger partial charge in [0, 0.05) is 23.7 Å². The third-order valence-electron chi connectivity index (χ3n) is 5.59. The number of halogens is 1. The lowest BCUT2D eigenvalue weighted by molar-refractivity contribution is -0.121. The van der Waals surface area contributed by atoms with Crippen molar-refractivity contribution in [3.8, 4) is 5.75 Å². The molecule has 0 aromatic heterocycles. The van der Waals surface area contributed by atoms with E-state index in [1.165, 1.54) is 4.90 Å². The zero-order valence-electron chi connectivity index (χ0n) is 18.0. The summed E-state index contributed by atoms with van der Waals surface area (Å²) in [4.78, 5) is 30.5. The molecule has 1 saturated heterocycles. The Morgan fingerprint density at radius 2 is 1.71 bits per heavy atom. The van der Waals surface area contributed by atoms with E-state index in [4.69, 9.17) is 21.1 Å². The number of hydrogen-bond acceptors (Lipinski definition) is 5. The Morgan fingerprint density at radius 1 is 1.03 bits per heavy atom. The van der Waals surface area contributed by atoms with Gasteiger partial charge in [-0.2, -0.15) is 0 Å². The van der Waals surface area contributed by atoms with Crippen molar-refractivity contribution in [3.63, 3.8) is 0 Å². The molecule has 162 valence electrons. The molecule has 2 heterocycles. The molecule has 2 atom stereocenters. The molecule has 0 radical (unpaired) electrons. The van der Waals surface area contributed by atoms with Crippen LogP contribution in [-0.4, -0.2) is 49.1 Å². The number of rotatable bonds is 4. The number of imide groups is 1. The molecular formula is C24H25ClN2O4. The predicted octanol–water partition coefficient (Wildman–Crippen LogP) is 4.05. The lowest BCUT2D eigenvalue weighted by Gasteiger charge is -2.37. The number of carbonyl (C=O) groups excluding carboxylic acids is 2. The molecule has 2 amide bonds. The summed E-state index contributed by atoms with van der Waals surface area (Å²) >= 11 is 6.30. The van der Waals surface area contributed by atoms with Gasteiger partial charge in [-0.3, -0.25) is 9.59 Å². The van der Waals surface area contributed by atoms with Crippen LogP contribution in [0.2, 0.25) is 5.02 Å². The smallest absolute Gasteiger partial charge is 0.282 e. The van der Waals surface area contributed by atoms with Gasteiger partial charge >= 0.3 is 0 Å². The van der Waals surface area contributed by atoms with Crippen LogP contribution in [0, 0.1) is 6.92 Å². The summed E-state index contributed by atoms with van der Waals surface area (Å²) in [6, 6.07) is 12.4. The second-order valence-corrected chi connectivity index (χ2v) is 8.37. The monoisotopic (exact) mass is 440 g/mol. The van der Waals surface area contributed by atoms with Crippen molar-refractivity contribution >= 4 is 34.7 Å². The fourth-order valence-electron chi connectivity index (χ4n) is 4.22. The number of ether oxygens (including phenoxy) is 2. The van der Waals surface area contributed by atoms with Gasteiger partial charge < -0.3 is 14.4 Å². The zero-order valence-corrected chi connectivity index (χ0v) is 18.8. The number of nitrogens with zero attached hydrogens (tertiary/aromatic N) is 2. The second kappa shape index (κ2) is 8.36. The second-order valence-electron chi connectivity index (χ2n) is 7.97. The molecule has 6 nitrogen and oxygen atoms in total. The molecule has 2 aliphatic rings. The van der Waals surface area contributed by atoms with Crippen molar-refractivity contribution in [1.29, 1.82) is 0 Å². The van der Waals surface area contributed by atoms with E-state index in [-0.39, 0.29) is 18.1 Å². The van der Waals surface area contributed by atoms with Crippen molar-refractivity contribution in [2.24, 2.45) is 0 Å². The van der Waals surface area contributed by atoms with Crippen LogP contribution in [0.25, 0.3) is 5.57 Å². The van der Waals surface area contributed by atoms with E-state index < -0.39 is 5.91 Å². The topological polar surface area (TPSA) is 59.1 Å². The van der Waals surface area contributed by atoms with Gasteiger partial charge in [0.1, 0.15) is 11.4 Å². The third kappa shape index (κ3) is 3.82. The van der Waals surface area contributed by atoms with E-state index in [2.05, 4.69) is 0 Å². The first kappa shape index (κ1) is 21.4. The SMILES string of the molecule is COc1ccccc1C1=C(N2CC(C)OC(C)C2)C(=O)N(c2ccc(C)c(Cl)c2)C1=O. The fourth-order valence-corrected chi connectivity index (χ4v) is 4.40. The highest BCUT2D eigenvalue weighted by molar-refractivity contribution is 6.46. The maximum Gasteiger partial charge on any atom is 0.282 e. The average Bonchev–Trinajstić information content (AvgIpc) is 2.99. The van der Waals surface area contributed by atoms with E-state index in [1.807, 2.05) is 37.8 Å². The minimum atomic E-state index is -0.392. The minimum absolute atomic E-state index is 0.0686. The van der Waals surface area contributed by atoms with Gasteiger partial charge in [-0.15, -0.1) is 0 Å². The van der Waals surface area contributed by atoms with E-state index in [9.17, 15) is 9.59 Å². The minimum Gasteiger partial charge on any atom is -0.496 e. The van der Waals surface area contributed by atoms with Crippen LogP contribution in [0.4, 0.5) is 5.69 Å². The van der Waals surface area contributed by atoms with Crippen molar-refractivity contribution in [2.75, 3.05) is 25.1 Å². The van der Waals surface area contributed by atoms with Crippen LogP contribution in [0.5, 0.6) is 5.75 Å². The Bertz CT molecular complexity index is 1070. The number of amides is 2. The summed E-state index contributed by atoms with van der Waals surface area (Å²) in [6.07, 6.45) is -0.137. The van der Waals surface area contributed by atoms with Gasteiger partial charge in [0.05, 0.1) is 30.6 Å². The molecular weight excluding hydrogens is 416 g/mol. The highest BCUT2D eigenvalue weighted by Crippen LogP contribution is 2.39. The van der Waals surface area contributed by atoms with Crippen LogP contribution >= 0.6 is 11.6 Å².